The summed E-state index contributed by atoms with van der Waals surface area (Å²) in [6, 6.07) is 9.98. The predicted molar refractivity (Wildman–Crippen MR) is 89.6 cm³/mol. The maximum atomic E-state index is 11.7. The molecule has 8 atom stereocenters. The van der Waals surface area contributed by atoms with Crippen molar-refractivity contribution >= 4 is 0 Å². The molecule has 5 heteroatoms. The summed E-state index contributed by atoms with van der Waals surface area (Å²) in [6.45, 7) is 2.61. The summed E-state index contributed by atoms with van der Waals surface area (Å²) in [5, 5.41) is 11.7. The Balaban J connectivity index is 1.50. The van der Waals surface area contributed by atoms with Crippen LogP contribution in [0.2, 0.25) is 0 Å². The maximum absolute atomic E-state index is 11.7. The Bertz CT molecular complexity index is 651. The molecule has 0 spiro atoms. The third-order valence-electron chi connectivity index (χ3n) is 7.18. The van der Waals surface area contributed by atoms with E-state index in [1.165, 1.54) is 6.42 Å². The molecule has 2 aliphatic carbocycles. The van der Waals surface area contributed by atoms with Crippen molar-refractivity contribution in [3.8, 4) is 0 Å². The van der Waals surface area contributed by atoms with Crippen LogP contribution in [0.5, 0.6) is 0 Å². The van der Waals surface area contributed by atoms with Crippen LogP contribution in [0.15, 0.2) is 30.3 Å². The van der Waals surface area contributed by atoms with E-state index in [-0.39, 0.29) is 23.5 Å². The van der Waals surface area contributed by atoms with Gasteiger partial charge in [0, 0.05) is 18.1 Å². The normalized spacial score (nSPS) is 51.2. The number of hydrogen-bond donors (Lipinski definition) is 1. The Labute approximate surface area is 148 Å². The van der Waals surface area contributed by atoms with E-state index < -0.39 is 18.2 Å². The van der Waals surface area contributed by atoms with Gasteiger partial charge in [0.25, 0.3) is 0 Å². The van der Waals surface area contributed by atoms with Crippen molar-refractivity contribution < 1.29 is 24.1 Å². The fourth-order valence-electron chi connectivity index (χ4n) is 5.80. The molecule has 0 bridgehead atoms. The smallest absolute Gasteiger partial charge is 0.187 e. The molecule has 4 fully saturated rings. The van der Waals surface area contributed by atoms with Crippen LogP contribution >= 0.6 is 0 Å². The molecule has 2 saturated heterocycles. The van der Waals surface area contributed by atoms with Crippen molar-refractivity contribution in [3.63, 3.8) is 0 Å². The van der Waals surface area contributed by atoms with Crippen molar-refractivity contribution in [1.29, 1.82) is 0 Å². The van der Waals surface area contributed by atoms with Crippen LogP contribution in [0.25, 0.3) is 0 Å². The van der Waals surface area contributed by atoms with Crippen molar-refractivity contribution in [2.45, 2.75) is 56.6 Å². The second-order valence-corrected chi connectivity index (χ2v) is 8.27. The van der Waals surface area contributed by atoms with E-state index in [4.69, 9.17) is 18.9 Å². The van der Waals surface area contributed by atoms with Gasteiger partial charge < -0.3 is 24.1 Å². The SMILES string of the molecule is CO[C@H]1O[C@@H]2CO[C@@H](c3ccccc3)O[C@H]2[C@]2(C)C[C@@H]3CC[C@@H]3[C@@]12O. The Morgan fingerprint density at radius 3 is 2.64 bits per heavy atom. The molecule has 0 amide bonds. The number of methoxy groups -OCH3 is 1. The highest BCUT2D eigenvalue weighted by atomic mass is 16.7. The van der Waals surface area contributed by atoms with Gasteiger partial charge in [0.1, 0.15) is 11.7 Å². The molecule has 1 aromatic carbocycles. The fourth-order valence-corrected chi connectivity index (χ4v) is 5.80. The first kappa shape index (κ1) is 16.2. The van der Waals surface area contributed by atoms with E-state index in [1.54, 1.807) is 7.11 Å². The number of aliphatic hydroxyl groups is 1. The molecule has 0 unspecified atom stereocenters. The van der Waals surface area contributed by atoms with Crippen molar-refractivity contribution in [1.82, 2.24) is 0 Å². The van der Waals surface area contributed by atoms with Crippen molar-refractivity contribution in [2.24, 2.45) is 17.3 Å². The highest BCUT2D eigenvalue weighted by Gasteiger charge is 2.74. The van der Waals surface area contributed by atoms with E-state index in [2.05, 4.69) is 6.92 Å². The predicted octanol–water partition coefficient (Wildman–Crippen LogP) is 2.64. The molecule has 0 radical (unpaired) electrons. The van der Waals surface area contributed by atoms with Crippen molar-refractivity contribution in [2.75, 3.05) is 13.7 Å². The maximum Gasteiger partial charge on any atom is 0.187 e. The lowest BCUT2D eigenvalue weighted by atomic mass is 9.63. The summed E-state index contributed by atoms with van der Waals surface area (Å²) in [5.41, 5.74) is -0.383. The average molecular weight is 346 g/mol. The molecule has 2 saturated carbocycles. The molecule has 1 N–H and O–H groups in total. The fraction of sp³-hybridized carbons (Fsp3) is 0.700. The molecule has 5 rings (SSSR count). The number of ether oxygens (including phenoxy) is 4. The Hall–Kier alpha value is -0.980. The molecule has 5 nitrogen and oxygen atoms in total. The molecule has 1 aromatic rings. The van der Waals surface area contributed by atoms with Gasteiger partial charge in [-0.2, -0.15) is 0 Å². The summed E-state index contributed by atoms with van der Waals surface area (Å²) < 4.78 is 24.1. The van der Waals surface area contributed by atoms with Crippen LogP contribution < -0.4 is 0 Å². The largest absolute Gasteiger partial charge is 0.384 e. The summed E-state index contributed by atoms with van der Waals surface area (Å²) in [5.74, 6) is 0.779. The first-order valence-electron chi connectivity index (χ1n) is 9.30. The number of fused-ring (bicyclic) bond motifs is 5. The van der Waals surface area contributed by atoms with E-state index in [1.807, 2.05) is 30.3 Å². The van der Waals surface area contributed by atoms with Gasteiger partial charge in [0.2, 0.25) is 0 Å². The summed E-state index contributed by atoms with van der Waals surface area (Å²) >= 11 is 0. The first-order chi connectivity index (χ1) is 12.1. The zero-order chi connectivity index (χ0) is 17.2. The van der Waals surface area contributed by atoms with Crippen LogP contribution in [0.3, 0.4) is 0 Å². The van der Waals surface area contributed by atoms with Gasteiger partial charge in [-0.15, -0.1) is 0 Å². The zero-order valence-electron chi connectivity index (χ0n) is 14.8. The Morgan fingerprint density at radius 2 is 1.96 bits per heavy atom. The van der Waals surface area contributed by atoms with Crippen LogP contribution in [-0.2, 0) is 18.9 Å². The second kappa shape index (κ2) is 5.51. The van der Waals surface area contributed by atoms with E-state index in [0.717, 1.165) is 18.4 Å². The Morgan fingerprint density at radius 1 is 1.16 bits per heavy atom. The van der Waals surface area contributed by atoms with Gasteiger partial charge in [-0.05, 0) is 31.1 Å². The average Bonchev–Trinajstić information content (AvgIpc) is 2.78. The molecule has 136 valence electrons. The number of rotatable bonds is 2. The third-order valence-corrected chi connectivity index (χ3v) is 7.18. The Kier molecular flexibility index (Phi) is 3.57. The van der Waals surface area contributed by atoms with Gasteiger partial charge in [0.15, 0.2) is 12.6 Å². The molecular formula is C20H26O5. The van der Waals surface area contributed by atoms with E-state index in [9.17, 15) is 5.11 Å². The first-order valence-corrected chi connectivity index (χ1v) is 9.30. The highest BCUT2D eigenvalue weighted by molar-refractivity contribution is 5.22. The van der Waals surface area contributed by atoms with Crippen LogP contribution in [0.1, 0.15) is 38.0 Å². The van der Waals surface area contributed by atoms with E-state index >= 15 is 0 Å². The summed E-state index contributed by atoms with van der Waals surface area (Å²) in [6.07, 6.45) is 1.73. The van der Waals surface area contributed by atoms with Crippen LogP contribution in [0.4, 0.5) is 0 Å². The van der Waals surface area contributed by atoms with Crippen molar-refractivity contribution in [3.05, 3.63) is 35.9 Å². The lowest BCUT2D eigenvalue weighted by molar-refractivity contribution is -0.398. The molecular weight excluding hydrogens is 320 g/mol. The monoisotopic (exact) mass is 346 g/mol. The minimum Gasteiger partial charge on any atom is -0.384 e. The number of hydrogen-bond acceptors (Lipinski definition) is 5. The molecule has 4 aliphatic rings. The minimum atomic E-state index is -0.996. The lowest BCUT2D eigenvalue weighted by Crippen LogP contribution is -2.71. The lowest BCUT2D eigenvalue weighted by Gasteiger charge is -2.58. The van der Waals surface area contributed by atoms with E-state index in [0.29, 0.717) is 12.5 Å². The standard InChI is InChI=1S/C20H26O5/c1-19-10-13-8-9-14(13)20(19,21)18(22-2)24-15-11-23-17(25-16(15)19)12-6-4-3-5-7-12/h3-7,13-18,21H,8-11H2,1-2H3/t13-,14-,15+,16+,17+,18-,19-,20+/m0/s1. The highest BCUT2D eigenvalue weighted by Crippen LogP contribution is 2.67. The second-order valence-electron chi connectivity index (χ2n) is 8.27. The summed E-state index contributed by atoms with van der Waals surface area (Å²) in [4.78, 5) is 0. The topological polar surface area (TPSA) is 57.2 Å². The van der Waals surface area contributed by atoms with Gasteiger partial charge in [-0.25, -0.2) is 0 Å². The number of benzene rings is 1. The molecule has 0 aromatic heterocycles. The third kappa shape index (κ3) is 2.02. The molecule has 2 heterocycles. The zero-order valence-corrected chi connectivity index (χ0v) is 14.8. The van der Waals surface area contributed by atoms with Gasteiger partial charge in [-0.1, -0.05) is 37.3 Å². The van der Waals surface area contributed by atoms with Gasteiger partial charge in [-0.3, -0.25) is 0 Å². The molecule has 25 heavy (non-hydrogen) atoms. The van der Waals surface area contributed by atoms with Crippen LogP contribution in [-0.4, -0.2) is 42.9 Å². The summed E-state index contributed by atoms with van der Waals surface area (Å²) in [7, 11) is 1.62. The van der Waals surface area contributed by atoms with Crippen LogP contribution in [0, 0.1) is 17.3 Å². The van der Waals surface area contributed by atoms with Gasteiger partial charge >= 0.3 is 0 Å². The minimum absolute atomic E-state index is 0.201. The molecule has 2 aliphatic heterocycles. The van der Waals surface area contributed by atoms with Gasteiger partial charge in [0.05, 0.1) is 12.7 Å². The quantitative estimate of drug-likeness (QED) is 0.892.